The Morgan fingerprint density at radius 3 is 2.29 bits per heavy atom. The number of rotatable bonds is 6. The Bertz CT molecular complexity index is 234. The molecular weight excluding hydrogens is 220 g/mol. The van der Waals surface area contributed by atoms with Crippen molar-refractivity contribution in [2.24, 2.45) is 5.73 Å². The zero-order chi connectivity index (χ0) is 13.5. The van der Waals surface area contributed by atoms with E-state index in [-0.39, 0.29) is 0 Å². The number of nitrogens with two attached hydrogens (primary N) is 1. The second-order valence-electron chi connectivity index (χ2n) is 5.71. The fourth-order valence-corrected chi connectivity index (χ4v) is 1.13. The maximum atomic E-state index is 11.6. The monoisotopic (exact) mass is 246 g/mol. The zero-order valence-corrected chi connectivity index (χ0v) is 11.6. The van der Waals surface area contributed by atoms with Crippen LogP contribution < -0.4 is 11.1 Å². The molecule has 0 unspecified atom stereocenters. The van der Waals surface area contributed by atoms with Crippen molar-refractivity contribution in [2.75, 3.05) is 19.8 Å². The molecule has 0 rings (SSSR count). The predicted molar refractivity (Wildman–Crippen MR) is 67.9 cm³/mol. The number of nitrogens with one attached hydrogen (secondary N) is 1. The van der Waals surface area contributed by atoms with E-state index < -0.39 is 17.2 Å². The van der Waals surface area contributed by atoms with Gasteiger partial charge in [0.2, 0.25) is 0 Å². The first-order valence-electron chi connectivity index (χ1n) is 5.95. The summed E-state index contributed by atoms with van der Waals surface area (Å²) < 4.78 is 10.6. The molecule has 0 radical (unpaired) electrons. The summed E-state index contributed by atoms with van der Waals surface area (Å²) in [6.07, 6.45) is 0.396. The third-order valence-corrected chi connectivity index (χ3v) is 1.80. The standard InChI is InChI=1S/C12H26N2O3/c1-11(2,3)17-10(15)14-12(4,5)9-16-8-6-7-13/h6-9,13H2,1-5H3,(H,14,15). The molecule has 5 heteroatoms. The summed E-state index contributed by atoms with van der Waals surface area (Å²) in [4.78, 5) is 11.6. The lowest BCUT2D eigenvalue weighted by atomic mass is 10.1. The molecule has 0 aliphatic heterocycles. The highest BCUT2D eigenvalue weighted by molar-refractivity contribution is 5.68. The molecule has 0 aliphatic carbocycles. The minimum atomic E-state index is -0.486. The Kier molecular flexibility index (Phi) is 6.49. The first-order chi connectivity index (χ1) is 7.66. The molecule has 0 saturated heterocycles. The maximum Gasteiger partial charge on any atom is 0.408 e. The van der Waals surface area contributed by atoms with Gasteiger partial charge in [-0.25, -0.2) is 4.79 Å². The van der Waals surface area contributed by atoms with Gasteiger partial charge in [0.1, 0.15) is 5.60 Å². The topological polar surface area (TPSA) is 73.6 Å². The van der Waals surface area contributed by atoms with Crippen LogP contribution in [0.1, 0.15) is 41.0 Å². The molecule has 0 atom stereocenters. The summed E-state index contributed by atoms with van der Waals surface area (Å²) in [7, 11) is 0. The van der Waals surface area contributed by atoms with Crippen LogP contribution in [0.25, 0.3) is 0 Å². The highest BCUT2D eigenvalue weighted by Gasteiger charge is 2.24. The number of ether oxygens (including phenoxy) is 2. The van der Waals surface area contributed by atoms with Crippen molar-refractivity contribution in [1.29, 1.82) is 0 Å². The summed E-state index contributed by atoms with van der Waals surface area (Å²) in [6, 6.07) is 0. The summed E-state index contributed by atoms with van der Waals surface area (Å²) in [6.45, 7) is 10.9. The van der Waals surface area contributed by atoms with Crippen LogP contribution in [0.5, 0.6) is 0 Å². The molecule has 17 heavy (non-hydrogen) atoms. The van der Waals surface area contributed by atoms with Gasteiger partial charge in [-0.2, -0.15) is 0 Å². The predicted octanol–water partition coefficient (Wildman–Crippen LogP) is 1.66. The van der Waals surface area contributed by atoms with Crippen LogP contribution in [0.2, 0.25) is 0 Å². The van der Waals surface area contributed by atoms with Crippen molar-refractivity contribution in [3.05, 3.63) is 0 Å². The number of carbonyl (C=O) groups is 1. The molecule has 0 aromatic carbocycles. The van der Waals surface area contributed by atoms with Gasteiger partial charge in [-0.05, 0) is 47.6 Å². The van der Waals surface area contributed by atoms with Crippen LogP contribution in [-0.4, -0.2) is 37.0 Å². The van der Waals surface area contributed by atoms with Crippen LogP contribution in [0.15, 0.2) is 0 Å². The molecule has 3 N–H and O–H groups in total. The van der Waals surface area contributed by atoms with E-state index in [4.69, 9.17) is 15.2 Å². The van der Waals surface area contributed by atoms with E-state index in [9.17, 15) is 4.79 Å². The Morgan fingerprint density at radius 1 is 1.24 bits per heavy atom. The van der Waals surface area contributed by atoms with E-state index in [0.717, 1.165) is 6.42 Å². The van der Waals surface area contributed by atoms with E-state index in [1.54, 1.807) is 0 Å². The first-order valence-corrected chi connectivity index (χ1v) is 5.95. The molecule has 0 aliphatic rings. The Balaban J connectivity index is 3.94. The van der Waals surface area contributed by atoms with Crippen LogP contribution in [-0.2, 0) is 9.47 Å². The molecule has 0 bridgehead atoms. The Hall–Kier alpha value is -0.810. The van der Waals surface area contributed by atoms with Crippen molar-refractivity contribution in [3.8, 4) is 0 Å². The second kappa shape index (κ2) is 6.81. The lowest BCUT2D eigenvalue weighted by molar-refractivity contribution is 0.0346. The summed E-state index contributed by atoms with van der Waals surface area (Å²) in [5, 5.41) is 2.77. The fourth-order valence-electron chi connectivity index (χ4n) is 1.13. The molecule has 5 nitrogen and oxygen atoms in total. The van der Waals surface area contributed by atoms with Gasteiger partial charge < -0.3 is 20.5 Å². The highest BCUT2D eigenvalue weighted by atomic mass is 16.6. The molecule has 102 valence electrons. The van der Waals surface area contributed by atoms with E-state index in [1.807, 2.05) is 34.6 Å². The fraction of sp³-hybridized carbons (Fsp3) is 0.917. The number of amides is 1. The second-order valence-corrected chi connectivity index (χ2v) is 5.71. The lowest BCUT2D eigenvalue weighted by Crippen LogP contribution is -2.48. The van der Waals surface area contributed by atoms with E-state index in [1.165, 1.54) is 0 Å². The van der Waals surface area contributed by atoms with Gasteiger partial charge in [-0.3, -0.25) is 0 Å². The number of hydrogen-bond donors (Lipinski definition) is 2. The molecule has 0 aromatic heterocycles. The van der Waals surface area contributed by atoms with Gasteiger partial charge in [0.25, 0.3) is 0 Å². The summed E-state index contributed by atoms with van der Waals surface area (Å²) in [5.74, 6) is 0. The van der Waals surface area contributed by atoms with E-state index in [2.05, 4.69) is 5.32 Å². The van der Waals surface area contributed by atoms with Gasteiger partial charge >= 0.3 is 6.09 Å². The molecule has 1 amide bonds. The van der Waals surface area contributed by atoms with Gasteiger partial charge in [0.05, 0.1) is 12.1 Å². The molecule has 0 aromatic rings. The number of alkyl carbamates (subject to hydrolysis) is 1. The largest absolute Gasteiger partial charge is 0.444 e. The summed E-state index contributed by atoms with van der Waals surface area (Å²) >= 11 is 0. The Morgan fingerprint density at radius 2 is 1.82 bits per heavy atom. The van der Waals surface area contributed by atoms with Crippen molar-refractivity contribution in [2.45, 2.75) is 52.2 Å². The molecule has 0 saturated carbocycles. The third kappa shape index (κ3) is 10.1. The van der Waals surface area contributed by atoms with Gasteiger partial charge in [0.15, 0.2) is 0 Å². The van der Waals surface area contributed by atoms with Crippen molar-refractivity contribution >= 4 is 6.09 Å². The molecular formula is C12H26N2O3. The van der Waals surface area contributed by atoms with E-state index >= 15 is 0 Å². The van der Waals surface area contributed by atoms with Crippen LogP contribution >= 0.6 is 0 Å². The van der Waals surface area contributed by atoms with Gasteiger partial charge in [-0.1, -0.05) is 0 Å². The average molecular weight is 246 g/mol. The SMILES string of the molecule is CC(C)(COCCCN)NC(=O)OC(C)(C)C. The number of hydrogen-bond acceptors (Lipinski definition) is 4. The molecule has 0 fully saturated rings. The molecule has 0 heterocycles. The smallest absolute Gasteiger partial charge is 0.408 e. The minimum absolute atomic E-state index is 0.426. The molecule has 0 spiro atoms. The lowest BCUT2D eigenvalue weighted by Gasteiger charge is -2.28. The Labute approximate surface area is 104 Å². The normalized spacial score (nSPS) is 12.4. The quantitative estimate of drug-likeness (QED) is 0.699. The maximum absolute atomic E-state index is 11.6. The van der Waals surface area contributed by atoms with Crippen LogP contribution in [0, 0.1) is 0 Å². The summed E-state index contributed by atoms with van der Waals surface area (Å²) in [5.41, 5.74) is 4.43. The van der Waals surface area contributed by atoms with Crippen molar-refractivity contribution in [1.82, 2.24) is 5.32 Å². The van der Waals surface area contributed by atoms with Gasteiger partial charge in [-0.15, -0.1) is 0 Å². The number of carbonyl (C=O) groups excluding carboxylic acids is 1. The van der Waals surface area contributed by atoms with Crippen molar-refractivity contribution < 1.29 is 14.3 Å². The average Bonchev–Trinajstić information content (AvgIpc) is 2.08. The van der Waals surface area contributed by atoms with Gasteiger partial charge in [0, 0.05) is 6.61 Å². The minimum Gasteiger partial charge on any atom is -0.444 e. The third-order valence-electron chi connectivity index (χ3n) is 1.80. The first kappa shape index (κ1) is 16.2. The highest BCUT2D eigenvalue weighted by Crippen LogP contribution is 2.09. The van der Waals surface area contributed by atoms with Crippen LogP contribution in [0.4, 0.5) is 4.79 Å². The van der Waals surface area contributed by atoms with Crippen molar-refractivity contribution in [3.63, 3.8) is 0 Å². The zero-order valence-electron chi connectivity index (χ0n) is 11.6. The van der Waals surface area contributed by atoms with E-state index in [0.29, 0.717) is 19.8 Å². The van der Waals surface area contributed by atoms with Crippen LogP contribution in [0.3, 0.4) is 0 Å².